The van der Waals surface area contributed by atoms with E-state index >= 15 is 0 Å². The van der Waals surface area contributed by atoms with Gasteiger partial charge in [0.1, 0.15) is 5.82 Å². The van der Waals surface area contributed by atoms with E-state index in [9.17, 15) is 8.42 Å². The number of hydrogen-bond donors (Lipinski definition) is 2. The fourth-order valence-corrected chi connectivity index (χ4v) is 2.63. The number of nitrogens with zero attached hydrogens (tertiary/aromatic N) is 2. The van der Waals surface area contributed by atoms with Crippen LogP contribution in [0.1, 0.15) is 0 Å². The van der Waals surface area contributed by atoms with Crippen molar-refractivity contribution in [3.8, 4) is 0 Å². The van der Waals surface area contributed by atoms with Gasteiger partial charge in [-0.15, -0.1) is 0 Å². The topological polar surface area (TPSA) is 78.1 Å². The van der Waals surface area contributed by atoms with Crippen molar-refractivity contribution in [2.24, 2.45) is 0 Å². The molecule has 18 heavy (non-hydrogen) atoms. The molecule has 2 rings (SSSR count). The number of aromatic amines is 1. The first-order valence-corrected chi connectivity index (χ1v) is 6.76. The Bertz CT molecular complexity index is 605. The molecule has 2 aromatic rings. The van der Waals surface area contributed by atoms with Gasteiger partial charge in [0.25, 0.3) is 10.0 Å². The second-order valence-corrected chi connectivity index (χ2v) is 5.60. The van der Waals surface area contributed by atoms with E-state index < -0.39 is 10.0 Å². The zero-order chi connectivity index (χ0) is 13.2. The van der Waals surface area contributed by atoms with Crippen molar-refractivity contribution in [2.75, 3.05) is 23.7 Å². The predicted octanol–water partition coefficient (Wildman–Crippen LogP) is 1.28. The molecule has 0 fully saturated rings. The van der Waals surface area contributed by atoms with Crippen molar-refractivity contribution in [3.63, 3.8) is 0 Å². The summed E-state index contributed by atoms with van der Waals surface area (Å²) >= 11 is 0. The van der Waals surface area contributed by atoms with E-state index in [4.69, 9.17) is 0 Å². The first-order valence-electron chi connectivity index (χ1n) is 5.32. The molecular weight excluding hydrogens is 252 g/mol. The molecule has 0 aliphatic heterocycles. The van der Waals surface area contributed by atoms with Crippen LogP contribution in [0.25, 0.3) is 0 Å². The summed E-state index contributed by atoms with van der Waals surface area (Å²) in [4.78, 5) is 6.77. The molecule has 2 heterocycles. The van der Waals surface area contributed by atoms with Crippen LogP contribution in [0.5, 0.6) is 0 Å². The highest BCUT2D eigenvalue weighted by Crippen LogP contribution is 2.20. The number of hydrogen-bond acceptors (Lipinski definition) is 4. The van der Waals surface area contributed by atoms with Gasteiger partial charge < -0.3 is 10.3 Å². The standard InChI is InChI=1S/C11H14N4O2S/c1-12-10-6-5-9(8-14-10)15(2)18(16,17)11-4-3-7-13-11/h3-8,13H,1-2H3,(H,12,14). The zero-order valence-corrected chi connectivity index (χ0v) is 10.9. The maximum absolute atomic E-state index is 12.2. The molecule has 0 atom stereocenters. The number of H-pyrrole nitrogens is 1. The van der Waals surface area contributed by atoms with Crippen LogP contribution in [0.15, 0.2) is 41.7 Å². The van der Waals surface area contributed by atoms with Crippen LogP contribution in [0.2, 0.25) is 0 Å². The normalized spacial score (nSPS) is 11.2. The monoisotopic (exact) mass is 266 g/mol. The van der Waals surface area contributed by atoms with Gasteiger partial charge in [-0.2, -0.15) is 8.42 Å². The van der Waals surface area contributed by atoms with Crippen molar-refractivity contribution in [2.45, 2.75) is 5.03 Å². The summed E-state index contributed by atoms with van der Waals surface area (Å²) < 4.78 is 25.6. The maximum atomic E-state index is 12.2. The Balaban J connectivity index is 2.33. The molecule has 0 bridgehead atoms. The van der Waals surface area contributed by atoms with Crippen LogP contribution in [0.3, 0.4) is 0 Å². The second kappa shape index (κ2) is 4.69. The van der Waals surface area contributed by atoms with Crippen LogP contribution in [0.4, 0.5) is 11.5 Å². The first-order chi connectivity index (χ1) is 8.55. The van der Waals surface area contributed by atoms with Crippen LogP contribution < -0.4 is 9.62 Å². The Labute approximate surface area is 106 Å². The quantitative estimate of drug-likeness (QED) is 0.873. The molecule has 0 unspecified atom stereocenters. The van der Waals surface area contributed by atoms with E-state index in [0.717, 1.165) is 0 Å². The molecule has 96 valence electrons. The van der Waals surface area contributed by atoms with Gasteiger partial charge in [-0.25, -0.2) is 4.98 Å². The van der Waals surface area contributed by atoms with Crippen LogP contribution >= 0.6 is 0 Å². The number of anilines is 2. The molecule has 0 aliphatic rings. The Morgan fingerprint density at radius 2 is 2.11 bits per heavy atom. The van der Waals surface area contributed by atoms with E-state index in [1.54, 1.807) is 31.4 Å². The number of aromatic nitrogens is 2. The molecule has 0 saturated carbocycles. The SMILES string of the molecule is CNc1ccc(N(C)S(=O)(=O)c2ccc[nH]2)cn1. The summed E-state index contributed by atoms with van der Waals surface area (Å²) in [5, 5.41) is 3.03. The number of pyridine rings is 1. The molecule has 2 aromatic heterocycles. The van der Waals surface area contributed by atoms with Gasteiger partial charge in [0.05, 0.1) is 11.9 Å². The summed E-state index contributed by atoms with van der Waals surface area (Å²) in [6.45, 7) is 0. The summed E-state index contributed by atoms with van der Waals surface area (Å²) in [7, 11) is -0.307. The highest BCUT2D eigenvalue weighted by Gasteiger charge is 2.22. The highest BCUT2D eigenvalue weighted by atomic mass is 32.2. The average Bonchev–Trinajstić information content (AvgIpc) is 2.92. The minimum atomic E-state index is -3.55. The number of sulfonamides is 1. The van der Waals surface area contributed by atoms with Crippen molar-refractivity contribution in [3.05, 3.63) is 36.7 Å². The number of nitrogens with one attached hydrogen (secondary N) is 2. The lowest BCUT2D eigenvalue weighted by Gasteiger charge is -2.18. The number of rotatable bonds is 4. The molecule has 0 radical (unpaired) electrons. The third-order valence-corrected chi connectivity index (χ3v) is 4.32. The summed E-state index contributed by atoms with van der Waals surface area (Å²) in [5.74, 6) is 0.685. The lowest BCUT2D eigenvalue weighted by molar-refractivity contribution is 0.591. The van der Waals surface area contributed by atoms with E-state index in [2.05, 4.69) is 15.3 Å². The highest BCUT2D eigenvalue weighted by molar-refractivity contribution is 7.92. The first kappa shape index (κ1) is 12.4. The minimum absolute atomic E-state index is 0.155. The molecule has 2 N–H and O–H groups in total. The van der Waals surface area contributed by atoms with E-state index in [-0.39, 0.29) is 5.03 Å². The third kappa shape index (κ3) is 2.17. The van der Waals surface area contributed by atoms with Crippen molar-refractivity contribution >= 4 is 21.5 Å². The maximum Gasteiger partial charge on any atom is 0.279 e. The van der Waals surface area contributed by atoms with Crippen LogP contribution in [0, 0.1) is 0 Å². The smallest absolute Gasteiger partial charge is 0.279 e. The Hall–Kier alpha value is -2.02. The molecule has 0 amide bonds. The summed E-state index contributed by atoms with van der Waals surface area (Å²) in [6, 6.07) is 6.57. The Kier molecular flexibility index (Phi) is 3.24. The predicted molar refractivity (Wildman–Crippen MR) is 70.2 cm³/mol. The van der Waals surface area contributed by atoms with Gasteiger partial charge >= 0.3 is 0 Å². The summed E-state index contributed by atoms with van der Waals surface area (Å²) in [5.41, 5.74) is 0.503. The van der Waals surface area contributed by atoms with E-state index in [1.165, 1.54) is 23.6 Å². The molecule has 0 spiro atoms. The average molecular weight is 266 g/mol. The zero-order valence-electron chi connectivity index (χ0n) is 10.1. The van der Waals surface area contributed by atoms with Gasteiger partial charge in [0, 0.05) is 20.3 Å². The molecule has 7 heteroatoms. The van der Waals surface area contributed by atoms with Crippen LogP contribution in [-0.4, -0.2) is 32.5 Å². The minimum Gasteiger partial charge on any atom is -0.373 e. The summed E-state index contributed by atoms with van der Waals surface area (Å²) in [6.07, 6.45) is 3.08. The van der Waals surface area contributed by atoms with E-state index in [0.29, 0.717) is 11.5 Å². The fraction of sp³-hybridized carbons (Fsp3) is 0.182. The molecular formula is C11H14N4O2S. The lowest BCUT2D eigenvalue weighted by Crippen LogP contribution is -2.26. The molecule has 6 nitrogen and oxygen atoms in total. The Morgan fingerprint density at radius 3 is 2.61 bits per heavy atom. The Morgan fingerprint density at radius 1 is 1.33 bits per heavy atom. The largest absolute Gasteiger partial charge is 0.373 e. The van der Waals surface area contributed by atoms with Crippen molar-refractivity contribution in [1.29, 1.82) is 0 Å². The van der Waals surface area contributed by atoms with Gasteiger partial charge in [-0.05, 0) is 24.3 Å². The third-order valence-electron chi connectivity index (χ3n) is 2.58. The molecule has 0 aromatic carbocycles. The van der Waals surface area contributed by atoms with Crippen molar-refractivity contribution < 1.29 is 8.42 Å². The van der Waals surface area contributed by atoms with Gasteiger partial charge in [0.15, 0.2) is 5.03 Å². The molecule has 0 saturated heterocycles. The van der Waals surface area contributed by atoms with Gasteiger partial charge in [-0.1, -0.05) is 0 Å². The van der Waals surface area contributed by atoms with Crippen molar-refractivity contribution in [1.82, 2.24) is 9.97 Å². The van der Waals surface area contributed by atoms with Gasteiger partial charge in [0.2, 0.25) is 0 Å². The van der Waals surface area contributed by atoms with Crippen LogP contribution in [-0.2, 0) is 10.0 Å². The van der Waals surface area contributed by atoms with E-state index in [1.807, 2.05) is 0 Å². The lowest BCUT2D eigenvalue weighted by atomic mass is 10.4. The van der Waals surface area contributed by atoms with Gasteiger partial charge in [-0.3, -0.25) is 4.31 Å². The fourth-order valence-electron chi connectivity index (χ4n) is 1.48. The second-order valence-electron chi connectivity index (χ2n) is 3.66. The molecule has 0 aliphatic carbocycles.